The van der Waals surface area contributed by atoms with Crippen molar-refractivity contribution in [3.63, 3.8) is 0 Å². The van der Waals surface area contributed by atoms with Crippen molar-refractivity contribution in [3.8, 4) is 0 Å². The number of aromatic nitrogens is 3. The lowest BCUT2D eigenvalue weighted by Gasteiger charge is -2.30. The summed E-state index contributed by atoms with van der Waals surface area (Å²) < 4.78 is 0. The van der Waals surface area contributed by atoms with Crippen LogP contribution in [0.1, 0.15) is 41.0 Å². The Morgan fingerprint density at radius 2 is 2.16 bits per heavy atom. The van der Waals surface area contributed by atoms with E-state index < -0.39 is 5.54 Å². The van der Waals surface area contributed by atoms with Crippen LogP contribution >= 0.6 is 0 Å². The third-order valence-corrected chi connectivity index (χ3v) is 4.20. The summed E-state index contributed by atoms with van der Waals surface area (Å²) in [6, 6.07) is 7.38. The van der Waals surface area contributed by atoms with E-state index >= 15 is 0 Å². The van der Waals surface area contributed by atoms with Gasteiger partial charge in [0.15, 0.2) is 0 Å². The number of para-hydroxylation sites is 1. The first-order chi connectivity index (χ1) is 11.9. The highest BCUT2D eigenvalue weighted by atomic mass is 16.7. The van der Waals surface area contributed by atoms with Gasteiger partial charge in [-0.05, 0) is 37.6 Å². The van der Waals surface area contributed by atoms with Crippen LogP contribution < -0.4 is 10.2 Å². The molecule has 1 N–H and O–H groups in total. The zero-order valence-electron chi connectivity index (χ0n) is 15.2. The zero-order chi connectivity index (χ0) is 18.4. The Balaban J connectivity index is 2.08. The molecule has 0 aliphatic heterocycles. The molecule has 1 aromatic heterocycles. The highest BCUT2D eigenvalue weighted by Crippen LogP contribution is 2.19. The second-order valence-corrected chi connectivity index (χ2v) is 6.07. The summed E-state index contributed by atoms with van der Waals surface area (Å²) in [6.45, 7) is 9.12. The van der Waals surface area contributed by atoms with Gasteiger partial charge in [0.1, 0.15) is 17.4 Å². The summed E-state index contributed by atoms with van der Waals surface area (Å²) >= 11 is 0. The maximum Gasteiger partial charge on any atom is 0.223 e. The predicted molar refractivity (Wildman–Crippen MR) is 97.7 cm³/mol. The molecule has 1 unspecified atom stereocenters. The maximum absolute atomic E-state index is 11.3. The third kappa shape index (κ3) is 4.62. The molecule has 1 amide bonds. The van der Waals surface area contributed by atoms with Crippen LogP contribution in [0.5, 0.6) is 0 Å². The van der Waals surface area contributed by atoms with Gasteiger partial charge in [0.2, 0.25) is 11.8 Å². The van der Waals surface area contributed by atoms with Gasteiger partial charge in [-0.1, -0.05) is 23.9 Å². The Labute approximate surface area is 146 Å². The van der Waals surface area contributed by atoms with Crippen molar-refractivity contribution in [2.24, 2.45) is 9.98 Å². The molecular weight excluding hydrogens is 320 g/mol. The summed E-state index contributed by atoms with van der Waals surface area (Å²) in [5, 5.41) is 10.8. The minimum Gasteiger partial charge on any atom is -0.351 e. The molecule has 0 fully saturated rings. The molecule has 8 nitrogen and oxygen atoms in total. The molecule has 0 spiro atoms. The Morgan fingerprint density at radius 3 is 2.84 bits per heavy atom. The monoisotopic (exact) mass is 344 g/mol. The lowest BCUT2D eigenvalue weighted by molar-refractivity contribution is -0.120. The van der Waals surface area contributed by atoms with Gasteiger partial charge in [-0.2, -0.15) is 0 Å². The number of aliphatic imine (C=N–C) groups is 2. The van der Waals surface area contributed by atoms with Crippen molar-refractivity contribution >= 4 is 29.2 Å². The molecule has 0 saturated carbocycles. The van der Waals surface area contributed by atoms with Gasteiger partial charge in [0, 0.05) is 13.8 Å². The van der Waals surface area contributed by atoms with Crippen LogP contribution in [0.3, 0.4) is 0 Å². The van der Waals surface area contributed by atoms with Crippen LogP contribution in [-0.4, -0.2) is 44.9 Å². The minimum absolute atomic E-state index is 0.0801. The van der Waals surface area contributed by atoms with Crippen molar-refractivity contribution in [1.29, 1.82) is 0 Å². The van der Waals surface area contributed by atoms with Crippen molar-refractivity contribution in [1.82, 2.24) is 20.5 Å². The molecule has 2 atom stereocenters. The smallest absolute Gasteiger partial charge is 0.223 e. The normalized spacial score (nSPS) is 16.0. The molecule has 8 heteroatoms. The molecule has 0 aliphatic rings. The largest absolute Gasteiger partial charge is 0.351 e. The maximum atomic E-state index is 11.3. The Hall–Kier alpha value is -2.77. The molecule has 0 bridgehead atoms. The Morgan fingerprint density at radius 1 is 1.44 bits per heavy atom. The van der Waals surface area contributed by atoms with E-state index in [0.717, 1.165) is 17.5 Å². The van der Waals surface area contributed by atoms with Crippen molar-refractivity contribution in [3.05, 3.63) is 24.3 Å². The fourth-order valence-electron chi connectivity index (χ4n) is 2.28. The van der Waals surface area contributed by atoms with Crippen LogP contribution in [0.4, 0.5) is 0 Å². The minimum atomic E-state index is -0.449. The second kappa shape index (κ2) is 7.87. The van der Waals surface area contributed by atoms with Gasteiger partial charge >= 0.3 is 0 Å². The predicted octanol–water partition coefficient (Wildman–Crippen LogP) is 2.00. The topological polar surface area (TPSA) is 93.8 Å². The first-order valence-electron chi connectivity index (χ1n) is 8.19. The molecule has 1 heterocycles. The number of nitrogens with zero attached hydrogens (tertiary/aromatic N) is 5. The molecule has 134 valence electrons. The Bertz CT molecular complexity index is 797. The first kappa shape index (κ1) is 18.6. The van der Waals surface area contributed by atoms with E-state index in [1.54, 1.807) is 6.92 Å². The standard InChI is InChI=1S/C17H24N6O2/c1-6-17(5,12(2)20-13(3)24)19-11-18-14(4)25-23-16-10-8-7-9-15(16)21-22-23/h7-12H,6H2,1-5H3,(H,20,24)/b18-14+,19-11-/t12-,17?/m0/s1. The molecule has 2 rings (SSSR count). The van der Waals surface area contributed by atoms with Crippen LogP contribution in [0.25, 0.3) is 11.0 Å². The summed E-state index contributed by atoms with van der Waals surface area (Å²) in [6.07, 6.45) is 2.21. The van der Waals surface area contributed by atoms with E-state index in [0.29, 0.717) is 5.90 Å². The first-order valence-corrected chi connectivity index (χ1v) is 8.19. The molecule has 0 radical (unpaired) electrons. The zero-order valence-corrected chi connectivity index (χ0v) is 15.2. The van der Waals surface area contributed by atoms with E-state index in [1.807, 2.05) is 45.0 Å². The fourth-order valence-corrected chi connectivity index (χ4v) is 2.28. The van der Waals surface area contributed by atoms with E-state index in [2.05, 4.69) is 25.6 Å². The molecular formula is C17H24N6O2. The lowest BCUT2D eigenvalue weighted by atomic mass is 9.91. The average Bonchev–Trinajstić information content (AvgIpc) is 2.97. The van der Waals surface area contributed by atoms with Crippen LogP contribution in [0.2, 0.25) is 0 Å². The number of carbonyl (C=O) groups excluding carboxylic acids is 1. The van der Waals surface area contributed by atoms with Crippen molar-refractivity contribution in [2.45, 2.75) is 52.6 Å². The van der Waals surface area contributed by atoms with E-state index in [4.69, 9.17) is 4.84 Å². The van der Waals surface area contributed by atoms with Gasteiger partial charge in [0.05, 0.1) is 11.6 Å². The molecule has 25 heavy (non-hydrogen) atoms. The highest BCUT2D eigenvalue weighted by Gasteiger charge is 2.28. The number of benzene rings is 1. The second-order valence-electron chi connectivity index (χ2n) is 6.07. The van der Waals surface area contributed by atoms with Gasteiger partial charge < -0.3 is 10.2 Å². The molecule has 1 aromatic carbocycles. The van der Waals surface area contributed by atoms with Gasteiger partial charge in [-0.3, -0.25) is 9.79 Å². The molecule has 0 saturated heterocycles. The number of hydrogen-bond donors (Lipinski definition) is 1. The number of hydrogen-bond acceptors (Lipinski definition) is 5. The summed E-state index contributed by atoms with van der Waals surface area (Å²) in [5.41, 5.74) is 1.05. The number of fused-ring (bicyclic) bond motifs is 1. The van der Waals surface area contributed by atoms with Crippen molar-refractivity contribution < 1.29 is 9.63 Å². The van der Waals surface area contributed by atoms with E-state index in [-0.39, 0.29) is 11.9 Å². The van der Waals surface area contributed by atoms with E-state index in [1.165, 1.54) is 18.1 Å². The van der Waals surface area contributed by atoms with Crippen LogP contribution in [-0.2, 0) is 4.79 Å². The van der Waals surface area contributed by atoms with E-state index in [9.17, 15) is 4.79 Å². The summed E-state index contributed by atoms with van der Waals surface area (Å²) in [7, 11) is 0. The van der Waals surface area contributed by atoms with Gasteiger partial charge in [0.25, 0.3) is 0 Å². The highest BCUT2D eigenvalue weighted by molar-refractivity contribution is 5.83. The quantitative estimate of drug-likeness (QED) is 0.640. The SMILES string of the molecule is CCC(C)(/N=C\N=C(/C)On1nnc2ccccc21)[C@H](C)NC(C)=O. The van der Waals surface area contributed by atoms with Crippen LogP contribution in [0, 0.1) is 0 Å². The summed E-state index contributed by atoms with van der Waals surface area (Å²) in [5.74, 6) is 0.300. The average molecular weight is 344 g/mol. The summed E-state index contributed by atoms with van der Waals surface area (Å²) in [4.78, 5) is 26.9. The third-order valence-electron chi connectivity index (χ3n) is 4.20. The number of nitrogens with one attached hydrogen (secondary N) is 1. The fraction of sp³-hybridized carbons (Fsp3) is 0.471. The number of carbonyl (C=O) groups is 1. The van der Waals surface area contributed by atoms with Gasteiger partial charge in [-0.25, -0.2) is 4.99 Å². The number of amides is 1. The van der Waals surface area contributed by atoms with Crippen molar-refractivity contribution in [2.75, 3.05) is 0 Å². The van der Waals surface area contributed by atoms with Gasteiger partial charge in [-0.15, -0.1) is 5.10 Å². The molecule has 0 aliphatic carbocycles. The molecule has 2 aromatic rings. The number of rotatable bonds is 6. The Kier molecular flexibility index (Phi) is 5.84. The van der Waals surface area contributed by atoms with Crippen LogP contribution in [0.15, 0.2) is 34.3 Å². The lowest BCUT2D eigenvalue weighted by Crippen LogP contribution is -2.47.